The minimum atomic E-state index is -3.80. The highest BCUT2D eigenvalue weighted by molar-refractivity contribution is 7.89. The molecule has 0 aliphatic heterocycles. The van der Waals surface area contributed by atoms with Gasteiger partial charge in [0.2, 0.25) is 10.0 Å². The van der Waals surface area contributed by atoms with Crippen LogP contribution in [0.2, 0.25) is 0 Å². The van der Waals surface area contributed by atoms with Gasteiger partial charge in [-0.1, -0.05) is 24.3 Å². The van der Waals surface area contributed by atoms with Gasteiger partial charge in [-0.3, -0.25) is 4.79 Å². The molecular weight excluding hydrogens is 316 g/mol. The number of nitrogens with one attached hydrogen (secondary N) is 1. The molecule has 0 amide bonds. The van der Waals surface area contributed by atoms with Gasteiger partial charge in [0, 0.05) is 5.69 Å². The second kappa shape index (κ2) is 6.80. The van der Waals surface area contributed by atoms with Crippen molar-refractivity contribution in [2.75, 3.05) is 12.8 Å². The van der Waals surface area contributed by atoms with E-state index in [4.69, 9.17) is 5.73 Å². The molecule has 1 atom stereocenters. The van der Waals surface area contributed by atoms with Crippen molar-refractivity contribution in [3.05, 3.63) is 48.5 Å². The Balaban J connectivity index is 2.23. The van der Waals surface area contributed by atoms with E-state index < -0.39 is 22.0 Å². The van der Waals surface area contributed by atoms with Gasteiger partial charge in [-0.25, -0.2) is 8.42 Å². The van der Waals surface area contributed by atoms with E-state index in [0.717, 1.165) is 11.1 Å². The zero-order valence-electron chi connectivity index (χ0n) is 12.8. The topological polar surface area (TPSA) is 98.5 Å². The van der Waals surface area contributed by atoms with E-state index in [1.165, 1.54) is 26.2 Å². The Hall–Kier alpha value is -2.38. The highest BCUT2D eigenvalue weighted by Crippen LogP contribution is 2.23. The van der Waals surface area contributed by atoms with Crippen LogP contribution in [0.4, 0.5) is 5.69 Å². The van der Waals surface area contributed by atoms with E-state index >= 15 is 0 Å². The third-order valence-corrected chi connectivity index (χ3v) is 4.83. The van der Waals surface area contributed by atoms with Gasteiger partial charge in [0.25, 0.3) is 0 Å². The van der Waals surface area contributed by atoms with Crippen molar-refractivity contribution < 1.29 is 17.9 Å². The van der Waals surface area contributed by atoms with Gasteiger partial charge >= 0.3 is 5.97 Å². The minimum absolute atomic E-state index is 0.0703. The molecule has 1 unspecified atom stereocenters. The molecule has 6 nitrogen and oxygen atoms in total. The molecule has 0 aromatic heterocycles. The van der Waals surface area contributed by atoms with E-state index in [2.05, 4.69) is 9.46 Å². The van der Waals surface area contributed by atoms with E-state index in [-0.39, 0.29) is 4.90 Å². The van der Waals surface area contributed by atoms with Gasteiger partial charge in [0.05, 0.1) is 12.0 Å². The standard InChI is InChI=1S/C16H18N2O4S/c1-11(16(19)22-2)18-23(20,21)15-8-6-12(7-9-15)13-4-3-5-14(17)10-13/h3-11,18H,17H2,1-2H3. The number of esters is 1. The van der Waals surface area contributed by atoms with Crippen molar-refractivity contribution >= 4 is 21.7 Å². The van der Waals surface area contributed by atoms with Crippen LogP contribution in [0.15, 0.2) is 53.4 Å². The summed E-state index contributed by atoms with van der Waals surface area (Å²) in [5.74, 6) is -0.648. The molecule has 2 rings (SSSR count). The van der Waals surface area contributed by atoms with Crippen LogP contribution in [0.1, 0.15) is 6.92 Å². The Labute approximate surface area is 135 Å². The number of hydrogen-bond acceptors (Lipinski definition) is 5. The fourth-order valence-electron chi connectivity index (χ4n) is 2.07. The average Bonchev–Trinajstić information content (AvgIpc) is 2.53. The molecule has 0 fully saturated rings. The first-order valence-corrected chi connectivity index (χ1v) is 8.38. The molecule has 0 heterocycles. The number of sulfonamides is 1. The molecule has 2 aromatic carbocycles. The molecule has 3 N–H and O–H groups in total. The molecule has 0 aliphatic rings. The van der Waals surface area contributed by atoms with Crippen LogP contribution in [-0.2, 0) is 19.6 Å². The lowest BCUT2D eigenvalue weighted by molar-refractivity contribution is -0.142. The van der Waals surface area contributed by atoms with E-state index in [1.54, 1.807) is 24.3 Å². The first-order valence-electron chi connectivity index (χ1n) is 6.89. The molecule has 23 heavy (non-hydrogen) atoms. The number of hydrogen-bond donors (Lipinski definition) is 2. The van der Waals surface area contributed by atoms with Crippen molar-refractivity contribution in [2.24, 2.45) is 0 Å². The quantitative estimate of drug-likeness (QED) is 0.641. The fourth-order valence-corrected chi connectivity index (χ4v) is 3.26. The van der Waals surface area contributed by atoms with E-state index in [0.29, 0.717) is 5.69 Å². The number of nitrogen functional groups attached to an aromatic ring is 1. The molecule has 0 spiro atoms. The van der Waals surface area contributed by atoms with Crippen molar-refractivity contribution in [3.63, 3.8) is 0 Å². The predicted octanol–water partition coefficient (Wildman–Crippen LogP) is 1.78. The van der Waals surface area contributed by atoms with Crippen LogP contribution in [-0.4, -0.2) is 27.5 Å². The van der Waals surface area contributed by atoms with E-state index in [1.807, 2.05) is 12.1 Å². The molecule has 0 bridgehead atoms. The Morgan fingerprint density at radius 3 is 2.35 bits per heavy atom. The number of methoxy groups -OCH3 is 1. The van der Waals surface area contributed by atoms with E-state index in [9.17, 15) is 13.2 Å². The second-order valence-electron chi connectivity index (χ2n) is 5.02. The van der Waals surface area contributed by atoms with Crippen molar-refractivity contribution in [2.45, 2.75) is 17.9 Å². The smallest absolute Gasteiger partial charge is 0.323 e. The number of carbonyl (C=O) groups excluding carboxylic acids is 1. The first kappa shape index (κ1) is 17.0. The Kier molecular flexibility index (Phi) is 5.02. The van der Waals surface area contributed by atoms with Gasteiger partial charge in [0.15, 0.2) is 0 Å². The lowest BCUT2D eigenvalue weighted by atomic mass is 10.1. The number of anilines is 1. The third kappa shape index (κ3) is 4.08. The third-order valence-electron chi connectivity index (χ3n) is 3.27. The number of nitrogens with two attached hydrogens (primary N) is 1. The zero-order valence-corrected chi connectivity index (χ0v) is 13.6. The normalized spacial score (nSPS) is 12.6. The Bertz CT molecular complexity index is 801. The minimum Gasteiger partial charge on any atom is -0.468 e. The van der Waals surface area contributed by atoms with Gasteiger partial charge in [-0.15, -0.1) is 0 Å². The van der Waals surface area contributed by atoms with Gasteiger partial charge in [-0.05, 0) is 42.3 Å². The largest absolute Gasteiger partial charge is 0.468 e. The average molecular weight is 334 g/mol. The highest BCUT2D eigenvalue weighted by Gasteiger charge is 2.22. The Morgan fingerprint density at radius 2 is 1.78 bits per heavy atom. The van der Waals surface area contributed by atoms with Crippen LogP contribution in [0.5, 0.6) is 0 Å². The summed E-state index contributed by atoms with van der Waals surface area (Å²) in [7, 11) is -2.60. The Morgan fingerprint density at radius 1 is 1.13 bits per heavy atom. The monoisotopic (exact) mass is 334 g/mol. The molecule has 0 saturated carbocycles. The first-order chi connectivity index (χ1) is 10.8. The van der Waals surface area contributed by atoms with Gasteiger partial charge in [-0.2, -0.15) is 4.72 Å². The molecular formula is C16H18N2O4S. The number of rotatable bonds is 5. The zero-order chi connectivity index (χ0) is 17.0. The summed E-state index contributed by atoms with van der Waals surface area (Å²) in [4.78, 5) is 11.4. The molecule has 0 saturated heterocycles. The molecule has 7 heteroatoms. The maximum Gasteiger partial charge on any atom is 0.323 e. The summed E-state index contributed by atoms with van der Waals surface area (Å²) >= 11 is 0. The summed E-state index contributed by atoms with van der Waals surface area (Å²) in [6.07, 6.45) is 0. The van der Waals surface area contributed by atoms with Crippen molar-refractivity contribution in [1.29, 1.82) is 0 Å². The van der Waals surface area contributed by atoms with Crippen LogP contribution in [0, 0.1) is 0 Å². The second-order valence-corrected chi connectivity index (χ2v) is 6.73. The summed E-state index contributed by atoms with van der Waals surface area (Å²) in [5.41, 5.74) is 8.11. The van der Waals surface area contributed by atoms with Crippen LogP contribution >= 0.6 is 0 Å². The number of ether oxygens (including phenoxy) is 1. The number of carbonyl (C=O) groups is 1. The van der Waals surface area contributed by atoms with Gasteiger partial charge in [0.1, 0.15) is 6.04 Å². The predicted molar refractivity (Wildman–Crippen MR) is 88.1 cm³/mol. The number of benzene rings is 2. The summed E-state index contributed by atoms with van der Waals surface area (Å²) in [5, 5.41) is 0. The van der Waals surface area contributed by atoms with Crippen LogP contribution in [0.3, 0.4) is 0 Å². The van der Waals surface area contributed by atoms with Crippen LogP contribution in [0.25, 0.3) is 11.1 Å². The lowest BCUT2D eigenvalue weighted by Crippen LogP contribution is -2.39. The summed E-state index contributed by atoms with van der Waals surface area (Å²) in [6.45, 7) is 1.42. The van der Waals surface area contributed by atoms with Crippen molar-refractivity contribution in [3.8, 4) is 11.1 Å². The van der Waals surface area contributed by atoms with Gasteiger partial charge < -0.3 is 10.5 Å². The molecule has 122 valence electrons. The molecule has 0 aliphatic carbocycles. The van der Waals surface area contributed by atoms with Crippen molar-refractivity contribution in [1.82, 2.24) is 4.72 Å². The molecule has 2 aromatic rings. The lowest BCUT2D eigenvalue weighted by Gasteiger charge is -2.12. The highest BCUT2D eigenvalue weighted by atomic mass is 32.2. The summed E-state index contributed by atoms with van der Waals surface area (Å²) in [6, 6.07) is 12.7. The maximum absolute atomic E-state index is 12.2. The fraction of sp³-hybridized carbons (Fsp3) is 0.188. The SMILES string of the molecule is COC(=O)C(C)NS(=O)(=O)c1ccc(-c2cccc(N)c2)cc1. The summed E-state index contributed by atoms with van der Waals surface area (Å²) < 4.78 is 31.2. The molecule has 0 radical (unpaired) electrons. The van der Waals surface area contributed by atoms with Crippen LogP contribution < -0.4 is 10.5 Å². The maximum atomic E-state index is 12.2.